The van der Waals surface area contributed by atoms with Gasteiger partial charge in [-0.3, -0.25) is 0 Å². The zero-order valence-corrected chi connectivity index (χ0v) is 11.2. The van der Waals surface area contributed by atoms with Crippen LogP contribution in [0, 0.1) is 0 Å². The standard InChI is InChI=1S/C13H22N2.ClH/c1-11(10-15(3)12(2)9-14)13-7-5-4-6-8-13;/h4-8,11-12H,9-10,14H2,1-3H3;1H. The smallest absolute Gasteiger partial charge is 0.0187 e. The molecular formula is C13H23ClN2. The molecule has 2 nitrogen and oxygen atoms in total. The molecule has 16 heavy (non-hydrogen) atoms. The molecule has 0 saturated heterocycles. The first kappa shape index (κ1) is 15.4. The summed E-state index contributed by atoms with van der Waals surface area (Å²) in [6, 6.07) is 11.1. The Kier molecular flexibility index (Phi) is 7.39. The second-order valence-electron chi connectivity index (χ2n) is 4.34. The Morgan fingerprint density at radius 3 is 2.25 bits per heavy atom. The third-order valence-electron chi connectivity index (χ3n) is 3.02. The third-order valence-corrected chi connectivity index (χ3v) is 3.02. The molecule has 1 aromatic carbocycles. The van der Waals surface area contributed by atoms with Crippen molar-refractivity contribution in [2.24, 2.45) is 5.73 Å². The summed E-state index contributed by atoms with van der Waals surface area (Å²) >= 11 is 0. The van der Waals surface area contributed by atoms with Crippen molar-refractivity contribution in [1.29, 1.82) is 0 Å². The number of rotatable bonds is 5. The second kappa shape index (κ2) is 7.66. The highest BCUT2D eigenvalue weighted by Crippen LogP contribution is 2.16. The van der Waals surface area contributed by atoms with Crippen LogP contribution in [-0.2, 0) is 0 Å². The SMILES string of the molecule is CC(CN(C)C(C)CN)c1ccccc1.Cl. The van der Waals surface area contributed by atoms with E-state index in [1.165, 1.54) is 5.56 Å². The molecule has 0 fully saturated rings. The number of benzene rings is 1. The number of nitrogens with zero attached hydrogens (tertiary/aromatic N) is 1. The second-order valence-corrected chi connectivity index (χ2v) is 4.34. The number of likely N-dealkylation sites (N-methyl/N-ethyl adjacent to an activating group) is 1. The van der Waals surface area contributed by atoms with Crippen LogP contribution in [0.15, 0.2) is 30.3 Å². The van der Waals surface area contributed by atoms with Crippen LogP contribution in [0.4, 0.5) is 0 Å². The number of nitrogens with two attached hydrogens (primary N) is 1. The van der Waals surface area contributed by atoms with Gasteiger partial charge in [0.05, 0.1) is 0 Å². The largest absolute Gasteiger partial charge is 0.329 e. The van der Waals surface area contributed by atoms with Crippen LogP contribution < -0.4 is 5.73 Å². The maximum Gasteiger partial charge on any atom is 0.0187 e. The molecule has 0 aliphatic rings. The van der Waals surface area contributed by atoms with E-state index in [2.05, 4.69) is 56.1 Å². The van der Waals surface area contributed by atoms with Crippen molar-refractivity contribution < 1.29 is 0 Å². The van der Waals surface area contributed by atoms with Gasteiger partial charge in [0, 0.05) is 19.1 Å². The van der Waals surface area contributed by atoms with Crippen LogP contribution in [0.25, 0.3) is 0 Å². The van der Waals surface area contributed by atoms with E-state index in [0.717, 1.165) is 13.1 Å². The van der Waals surface area contributed by atoms with E-state index in [1.807, 2.05) is 0 Å². The number of hydrogen-bond donors (Lipinski definition) is 1. The quantitative estimate of drug-likeness (QED) is 0.860. The molecule has 0 amide bonds. The number of hydrogen-bond acceptors (Lipinski definition) is 2. The Labute approximate surface area is 105 Å². The molecule has 0 aliphatic carbocycles. The van der Waals surface area contributed by atoms with Crippen molar-refractivity contribution in [3.8, 4) is 0 Å². The van der Waals surface area contributed by atoms with Crippen molar-refractivity contribution in [1.82, 2.24) is 4.90 Å². The van der Waals surface area contributed by atoms with Crippen molar-refractivity contribution in [2.45, 2.75) is 25.8 Å². The van der Waals surface area contributed by atoms with Crippen LogP contribution in [0.2, 0.25) is 0 Å². The monoisotopic (exact) mass is 242 g/mol. The first-order valence-electron chi connectivity index (χ1n) is 5.60. The lowest BCUT2D eigenvalue weighted by Crippen LogP contribution is -2.37. The lowest BCUT2D eigenvalue weighted by Gasteiger charge is -2.26. The van der Waals surface area contributed by atoms with E-state index >= 15 is 0 Å². The van der Waals surface area contributed by atoms with Gasteiger partial charge in [0.25, 0.3) is 0 Å². The molecule has 0 aliphatic heterocycles. The first-order valence-corrected chi connectivity index (χ1v) is 5.60. The fourth-order valence-electron chi connectivity index (χ4n) is 1.68. The lowest BCUT2D eigenvalue weighted by molar-refractivity contribution is 0.251. The summed E-state index contributed by atoms with van der Waals surface area (Å²) < 4.78 is 0. The summed E-state index contributed by atoms with van der Waals surface area (Å²) in [5.41, 5.74) is 7.04. The Morgan fingerprint density at radius 2 is 1.75 bits per heavy atom. The van der Waals surface area contributed by atoms with E-state index in [4.69, 9.17) is 5.73 Å². The fourth-order valence-corrected chi connectivity index (χ4v) is 1.68. The molecule has 0 spiro atoms. The van der Waals surface area contributed by atoms with Gasteiger partial charge in [0.2, 0.25) is 0 Å². The summed E-state index contributed by atoms with van der Waals surface area (Å²) in [7, 11) is 2.14. The molecule has 3 heteroatoms. The summed E-state index contributed by atoms with van der Waals surface area (Å²) in [4.78, 5) is 2.32. The highest BCUT2D eigenvalue weighted by atomic mass is 35.5. The summed E-state index contributed by atoms with van der Waals surface area (Å²) in [6.07, 6.45) is 0. The lowest BCUT2D eigenvalue weighted by atomic mass is 10.0. The average Bonchev–Trinajstić information content (AvgIpc) is 2.29. The predicted octanol–water partition coefficient (Wildman–Crippen LogP) is 2.49. The van der Waals surface area contributed by atoms with Crippen molar-refractivity contribution in [2.75, 3.05) is 20.1 Å². The Bertz CT molecular complexity index is 277. The van der Waals surface area contributed by atoms with E-state index in [1.54, 1.807) is 0 Å². The van der Waals surface area contributed by atoms with E-state index in [0.29, 0.717) is 12.0 Å². The van der Waals surface area contributed by atoms with Gasteiger partial charge in [0.15, 0.2) is 0 Å². The Hall–Kier alpha value is -0.570. The molecule has 1 aromatic rings. The minimum atomic E-state index is 0. The van der Waals surface area contributed by atoms with Crippen molar-refractivity contribution in [3.05, 3.63) is 35.9 Å². The molecule has 0 heterocycles. The third kappa shape index (κ3) is 4.52. The van der Waals surface area contributed by atoms with Crippen LogP contribution >= 0.6 is 12.4 Å². The van der Waals surface area contributed by atoms with Gasteiger partial charge in [-0.1, -0.05) is 37.3 Å². The van der Waals surface area contributed by atoms with Gasteiger partial charge in [0.1, 0.15) is 0 Å². The van der Waals surface area contributed by atoms with Crippen LogP contribution in [-0.4, -0.2) is 31.1 Å². The van der Waals surface area contributed by atoms with Gasteiger partial charge >= 0.3 is 0 Å². The Morgan fingerprint density at radius 1 is 1.19 bits per heavy atom. The zero-order chi connectivity index (χ0) is 11.3. The molecule has 0 aromatic heterocycles. The van der Waals surface area contributed by atoms with Crippen LogP contribution in [0.1, 0.15) is 25.3 Å². The molecule has 92 valence electrons. The molecule has 1 rings (SSSR count). The van der Waals surface area contributed by atoms with Gasteiger partial charge in [-0.2, -0.15) is 0 Å². The van der Waals surface area contributed by atoms with Gasteiger partial charge < -0.3 is 10.6 Å². The van der Waals surface area contributed by atoms with Crippen molar-refractivity contribution >= 4 is 12.4 Å². The highest BCUT2D eigenvalue weighted by Gasteiger charge is 2.12. The molecule has 2 atom stereocenters. The minimum Gasteiger partial charge on any atom is -0.329 e. The Balaban J connectivity index is 0.00000225. The molecular weight excluding hydrogens is 220 g/mol. The average molecular weight is 243 g/mol. The topological polar surface area (TPSA) is 29.3 Å². The number of halogens is 1. The first-order chi connectivity index (χ1) is 7.15. The zero-order valence-electron chi connectivity index (χ0n) is 10.4. The van der Waals surface area contributed by atoms with Crippen LogP contribution in [0.3, 0.4) is 0 Å². The molecule has 0 radical (unpaired) electrons. The summed E-state index contributed by atoms with van der Waals surface area (Å²) in [5, 5.41) is 0. The highest BCUT2D eigenvalue weighted by molar-refractivity contribution is 5.85. The predicted molar refractivity (Wildman–Crippen MR) is 73.3 cm³/mol. The van der Waals surface area contributed by atoms with Gasteiger partial charge in [-0.15, -0.1) is 12.4 Å². The summed E-state index contributed by atoms with van der Waals surface area (Å²) in [5.74, 6) is 0.560. The normalized spacial score (nSPS) is 14.3. The van der Waals surface area contributed by atoms with Gasteiger partial charge in [-0.25, -0.2) is 0 Å². The molecule has 0 saturated carbocycles. The van der Waals surface area contributed by atoms with Crippen LogP contribution in [0.5, 0.6) is 0 Å². The molecule has 2 N–H and O–H groups in total. The maximum atomic E-state index is 5.65. The summed E-state index contributed by atoms with van der Waals surface area (Å²) in [6.45, 7) is 6.20. The maximum absolute atomic E-state index is 5.65. The van der Waals surface area contributed by atoms with E-state index in [9.17, 15) is 0 Å². The fraction of sp³-hybridized carbons (Fsp3) is 0.538. The van der Waals surface area contributed by atoms with E-state index in [-0.39, 0.29) is 12.4 Å². The minimum absolute atomic E-state index is 0. The van der Waals surface area contributed by atoms with E-state index < -0.39 is 0 Å². The van der Waals surface area contributed by atoms with Gasteiger partial charge in [-0.05, 0) is 25.5 Å². The van der Waals surface area contributed by atoms with Crippen molar-refractivity contribution in [3.63, 3.8) is 0 Å². The molecule has 2 unspecified atom stereocenters. The molecule has 0 bridgehead atoms.